The highest BCUT2D eigenvalue weighted by Gasteiger charge is 2.29. The van der Waals surface area contributed by atoms with Gasteiger partial charge in [0.25, 0.3) is 5.91 Å². The Hall–Kier alpha value is -1.95. The van der Waals surface area contributed by atoms with Gasteiger partial charge in [-0.1, -0.05) is 19.3 Å². The number of rotatable bonds is 3. The van der Waals surface area contributed by atoms with Gasteiger partial charge in [0.2, 0.25) is 0 Å². The monoisotopic (exact) mass is 302 g/mol. The molecule has 0 unspecified atom stereocenters. The molecule has 2 heterocycles. The molecule has 3 rings (SSSR count). The first-order valence-electron chi connectivity index (χ1n) is 7.78. The number of hydrogen-bond donors (Lipinski definition) is 2. The van der Waals surface area contributed by atoms with Gasteiger partial charge in [-0.25, -0.2) is 4.98 Å². The van der Waals surface area contributed by atoms with Gasteiger partial charge in [-0.15, -0.1) is 0 Å². The summed E-state index contributed by atoms with van der Waals surface area (Å²) in [6.07, 6.45) is 6.28. The molecule has 6 heteroatoms. The van der Waals surface area contributed by atoms with Crippen LogP contribution in [0.3, 0.4) is 0 Å². The Morgan fingerprint density at radius 1 is 1.41 bits per heavy atom. The summed E-state index contributed by atoms with van der Waals surface area (Å²) < 4.78 is 1.71. The van der Waals surface area contributed by atoms with Crippen molar-refractivity contribution in [3.05, 3.63) is 23.5 Å². The maximum Gasteiger partial charge on any atom is 0.252 e. The third kappa shape index (κ3) is 2.83. The predicted octanol–water partition coefficient (Wildman–Crippen LogP) is 1.70. The van der Waals surface area contributed by atoms with E-state index in [-0.39, 0.29) is 5.91 Å². The first-order valence-corrected chi connectivity index (χ1v) is 7.78. The number of aryl methyl sites for hydroxylation is 2. The summed E-state index contributed by atoms with van der Waals surface area (Å²) in [5.41, 5.74) is 1.36. The molecule has 2 aromatic heterocycles. The fourth-order valence-corrected chi connectivity index (χ4v) is 3.17. The van der Waals surface area contributed by atoms with Gasteiger partial charge in [0.1, 0.15) is 0 Å². The fourth-order valence-electron chi connectivity index (χ4n) is 3.17. The summed E-state index contributed by atoms with van der Waals surface area (Å²) in [6.45, 7) is 2.20. The molecule has 0 saturated heterocycles. The first-order chi connectivity index (χ1) is 10.5. The molecule has 1 saturated carbocycles. The van der Waals surface area contributed by atoms with Crippen molar-refractivity contribution in [3.8, 4) is 0 Å². The summed E-state index contributed by atoms with van der Waals surface area (Å²) in [7, 11) is 1.83. The number of aliphatic hydroxyl groups is 1. The Bertz CT molecular complexity index is 701. The molecule has 2 N–H and O–H groups in total. The zero-order valence-electron chi connectivity index (χ0n) is 13.1. The maximum absolute atomic E-state index is 12.3. The van der Waals surface area contributed by atoms with Gasteiger partial charge < -0.3 is 10.4 Å². The standard InChI is InChI=1S/C16H22N4O2/c1-11-13-8-12(9-17-14(13)20(2)19-11)15(21)18-10-16(22)6-4-3-5-7-16/h8-9,22H,3-7,10H2,1-2H3,(H,18,21). The van der Waals surface area contributed by atoms with Crippen LogP contribution in [0.4, 0.5) is 0 Å². The minimum Gasteiger partial charge on any atom is -0.388 e. The van der Waals surface area contributed by atoms with Gasteiger partial charge >= 0.3 is 0 Å². The highest BCUT2D eigenvalue weighted by molar-refractivity contribution is 5.97. The van der Waals surface area contributed by atoms with Crippen LogP contribution in [0.5, 0.6) is 0 Å². The Morgan fingerprint density at radius 3 is 2.86 bits per heavy atom. The van der Waals surface area contributed by atoms with Crippen LogP contribution < -0.4 is 5.32 Å². The van der Waals surface area contributed by atoms with Crippen LogP contribution in [0.1, 0.15) is 48.2 Å². The number of carbonyl (C=O) groups is 1. The lowest BCUT2D eigenvalue weighted by Gasteiger charge is -2.32. The lowest BCUT2D eigenvalue weighted by Crippen LogP contribution is -2.44. The second kappa shape index (κ2) is 5.68. The van der Waals surface area contributed by atoms with Crippen molar-refractivity contribution in [1.82, 2.24) is 20.1 Å². The molecular weight excluding hydrogens is 280 g/mol. The van der Waals surface area contributed by atoms with E-state index in [1.807, 2.05) is 20.0 Å². The van der Waals surface area contributed by atoms with Crippen molar-refractivity contribution in [2.45, 2.75) is 44.6 Å². The number of pyridine rings is 1. The molecule has 0 aliphatic heterocycles. The van der Waals surface area contributed by atoms with Crippen molar-refractivity contribution in [3.63, 3.8) is 0 Å². The molecule has 0 spiro atoms. The first kappa shape index (κ1) is 15.0. The summed E-state index contributed by atoms with van der Waals surface area (Å²) in [5, 5.41) is 18.5. The maximum atomic E-state index is 12.3. The lowest BCUT2D eigenvalue weighted by molar-refractivity contribution is 0.00525. The number of nitrogens with one attached hydrogen (secondary N) is 1. The molecule has 2 aromatic rings. The van der Waals surface area contributed by atoms with E-state index in [9.17, 15) is 9.90 Å². The topological polar surface area (TPSA) is 80.0 Å². The van der Waals surface area contributed by atoms with E-state index in [2.05, 4.69) is 15.4 Å². The van der Waals surface area contributed by atoms with Gasteiger partial charge in [0.05, 0.1) is 16.9 Å². The van der Waals surface area contributed by atoms with Crippen molar-refractivity contribution >= 4 is 16.9 Å². The molecule has 1 aliphatic carbocycles. The van der Waals surface area contributed by atoms with Gasteiger partial charge in [-0.2, -0.15) is 5.10 Å². The fraction of sp³-hybridized carbons (Fsp3) is 0.562. The summed E-state index contributed by atoms with van der Waals surface area (Å²) in [5.74, 6) is -0.198. The van der Waals surface area contributed by atoms with E-state index in [1.165, 1.54) is 0 Å². The smallest absolute Gasteiger partial charge is 0.252 e. The Kier molecular flexibility index (Phi) is 3.87. The minimum atomic E-state index is -0.754. The molecule has 6 nitrogen and oxygen atoms in total. The number of aromatic nitrogens is 3. The van der Waals surface area contributed by atoms with Crippen LogP contribution in [0.25, 0.3) is 11.0 Å². The van der Waals surface area contributed by atoms with E-state index in [1.54, 1.807) is 10.9 Å². The van der Waals surface area contributed by atoms with Crippen molar-refractivity contribution < 1.29 is 9.90 Å². The molecule has 0 bridgehead atoms. The second-order valence-electron chi connectivity index (χ2n) is 6.27. The van der Waals surface area contributed by atoms with Gasteiger partial charge in [-0.05, 0) is 25.8 Å². The SMILES string of the molecule is Cc1nn(C)c2ncc(C(=O)NCC3(O)CCCCC3)cc12. The van der Waals surface area contributed by atoms with E-state index in [4.69, 9.17) is 0 Å². The quantitative estimate of drug-likeness (QED) is 0.904. The Morgan fingerprint density at radius 2 is 2.14 bits per heavy atom. The molecular formula is C16H22N4O2. The zero-order valence-corrected chi connectivity index (χ0v) is 13.1. The van der Waals surface area contributed by atoms with Crippen LogP contribution in [-0.2, 0) is 7.05 Å². The molecule has 118 valence electrons. The highest BCUT2D eigenvalue weighted by atomic mass is 16.3. The second-order valence-corrected chi connectivity index (χ2v) is 6.27. The third-order valence-electron chi connectivity index (χ3n) is 4.49. The summed E-state index contributed by atoms with van der Waals surface area (Å²) >= 11 is 0. The molecule has 0 atom stereocenters. The van der Waals surface area contributed by atoms with Crippen molar-refractivity contribution in [1.29, 1.82) is 0 Å². The average molecular weight is 302 g/mol. The number of fused-ring (bicyclic) bond motifs is 1. The van der Waals surface area contributed by atoms with Gasteiger partial charge in [0, 0.05) is 25.2 Å². The molecule has 1 amide bonds. The van der Waals surface area contributed by atoms with Crippen molar-refractivity contribution in [2.24, 2.45) is 7.05 Å². The number of amides is 1. The minimum absolute atomic E-state index is 0.198. The van der Waals surface area contributed by atoms with Gasteiger partial charge in [0.15, 0.2) is 5.65 Å². The van der Waals surface area contributed by atoms with Crippen LogP contribution >= 0.6 is 0 Å². The van der Waals surface area contributed by atoms with Crippen LogP contribution in [-0.4, -0.2) is 37.9 Å². The Balaban J connectivity index is 1.73. The lowest BCUT2D eigenvalue weighted by atomic mass is 9.85. The molecule has 1 aliphatic rings. The largest absolute Gasteiger partial charge is 0.388 e. The van der Waals surface area contributed by atoms with E-state index in [0.717, 1.165) is 48.8 Å². The molecule has 0 aromatic carbocycles. The normalized spacial score (nSPS) is 17.6. The number of hydrogen-bond acceptors (Lipinski definition) is 4. The average Bonchev–Trinajstić information content (AvgIpc) is 2.80. The van der Waals surface area contributed by atoms with Crippen LogP contribution in [0.2, 0.25) is 0 Å². The molecule has 1 fully saturated rings. The third-order valence-corrected chi connectivity index (χ3v) is 4.49. The van der Waals surface area contributed by atoms with Crippen molar-refractivity contribution in [2.75, 3.05) is 6.54 Å². The van der Waals surface area contributed by atoms with E-state index >= 15 is 0 Å². The Labute approximate surface area is 129 Å². The van der Waals surface area contributed by atoms with E-state index < -0.39 is 5.60 Å². The number of nitrogens with zero attached hydrogens (tertiary/aromatic N) is 3. The molecule has 22 heavy (non-hydrogen) atoms. The zero-order chi connectivity index (χ0) is 15.7. The summed E-state index contributed by atoms with van der Waals surface area (Å²) in [6, 6.07) is 1.81. The van der Waals surface area contributed by atoms with Crippen LogP contribution in [0, 0.1) is 6.92 Å². The molecule has 0 radical (unpaired) electrons. The highest BCUT2D eigenvalue weighted by Crippen LogP contribution is 2.27. The van der Waals surface area contributed by atoms with E-state index in [0.29, 0.717) is 12.1 Å². The predicted molar refractivity (Wildman–Crippen MR) is 83.6 cm³/mol. The van der Waals surface area contributed by atoms with Gasteiger partial charge in [-0.3, -0.25) is 9.48 Å². The number of carbonyl (C=O) groups excluding carboxylic acids is 1. The summed E-state index contributed by atoms with van der Waals surface area (Å²) in [4.78, 5) is 16.6. The van der Waals surface area contributed by atoms with Crippen LogP contribution in [0.15, 0.2) is 12.3 Å².